The van der Waals surface area contributed by atoms with Gasteiger partial charge in [0.25, 0.3) is 0 Å². The highest BCUT2D eigenvalue weighted by Gasteiger charge is 2.38. The molecule has 1 saturated heterocycles. The van der Waals surface area contributed by atoms with Gasteiger partial charge >= 0.3 is 6.18 Å². The molecule has 0 saturated carbocycles. The summed E-state index contributed by atoms with van der Waals surface area (Å²) in [4.78, 5) is 3.80. The molecule has 1 fully saturated rings. The van der Waals surface area contributed by atoms with Gasteiger partial charge in [-0.1, -0.05) is 0 Å². The average molecular weight is 355 g/mol. The molecule has 0 bridgehead atoms. The lowest BCUT2D eigenvalue weighted by molar-refractivity contribution is -0.137. The van der Waals surface area contributed by atoms with Crippen molar-refractivity contribution in [1.29, 1.82) is 0 Å². The normalized spacial score (nSPS) is 23.1. The maximum atomic E-state index is 12.9. The summed E-state index contributed by atoms with van der Waals surface area (Å²) < 4.78 is 49.7. The number of anilines is 1. The first kappa shape index (κ1) is 15.5. The first-order valence-corrected chi connectivity index (χ1v) is 6.75. The summed E-state index contributed by atoms with van der Waals surface area (Å²) in [6.45, 7) is 1.10. The first-order chi connectivity index (χ1) is 9.36. The average Bonchev–Trinajstić information content (AvgIpc) is 2.86. The molecule has 2 rings (SSSR count). The third-order valence-corrected chi connectivity index (χ3v) is 3.67. The minimum atomic E-state index is -4.47. The van der Waals surface area contributed by atoms with Gasteiger partial charge in [0, 0.05) is 37.4 Å². The zero-order chi connectivity index (χ0) is 14.8. The molecule has 1 aliphatic rings. The Bertz CT molecular complexity index is 476. The van der Waals surface area contributed by atoms with E-state index in [2.05, 4.69) is 26.2 Å². The summed E-state index contributed by atoms with van der Waals surface area (Å²) in [6, 6.07) is 1.000. The van der Waals surface area contributed by atoms with E-state index in [0.29, 0.717) is 19.6 Å². The van der Waals surface area contributed by atoms with Gasteiger partial charge in [0.15, 0.2) is 0 Å². The fraction of sp³-hybridized carbons (Fsp3) is 0.583. The van der Waals surface area contributed by atoms with Crippen molar-refractivity contribution in [3.8, 4) is 0 Å². The van der Waals surface area contributed by atoms with Crippen LogP contribution < -0.4 is 5.32 Å². The van der Waals surface area contributed by atoms with Crippen LogP contribution in [0.3, 0.4) is 0 Å². The molecule has 20 heavy (non-hydrogen) atoms. The Balaban J connectivity index is 2.17. The van der Waals surface area contributed by atoms with Crippen LogP contribution in [0.25, 0.3) is 0 Å². The summed E-state index contributed by atoms with van der Waals surface area (Å²) >= 11 is 3.00. The van der Waals surface area contributed by atoms with Gasteiger partial charge in [-0.3, -0.25) is 0 Å². The molecule has 4 nitrogen and oxygen atoms in total. The number of ether oxygens (including phenoxy) is 2. The summed E-state index contributed by atoms with van der Waals surface area (Å²) in [7, 11) is 1.52. The number of hydrogen-bond donors (Lipinski definition) is 1. The van der Waals surface area contributed by atoms with Gasteiger partial charge in [0.2, 0.25) is 0 Å². The van der Waals surface area contributed by atoms with E-state index in [4.69, 9.17) is 9.47 Å². The highest BCUT2D eigenvalue weighted by Crippen LogP contribution is 2.35. The maximum absolute atomic E-state index is 12.9. The highest BCUT2D eigenvalue weighted by atomic mass is 79.9. The third-order valence-electron chi connectivity index (χ3n) is 3.24. The van der Waals surface area contributed by atoms with Crippen molar-refractivity contribution in [3.63, 3.8) is 0 Å². The second kappa shape index (κ2) is 5.87. The molecule has 0 amide bonds. The molecule has 1 aromatic heterocycles. The van der Waals surface area contributed by atoms with E-state index in [1.807, 2.05) is 0 Å². The standard InChI is InChI=1S/C12H14BrF3N2O2/c1-19-11(2-3-20-7-11)6-18-10-9(12(14,15)16)4-8(13)5-17-10/h4-5H,2-3,6-7H2,1H3,(H,17,18). The molecule has 2 heterocycles. The zero-order valence-corrected chi connectivity index (χ0v) is 12.3. The topological polar surface area (TPSA) is 43.4 Å². The van der Waals surface area contributed by atoms with Crippen LogP contribution >= 0.6 is 15.9 Å². The van der Waals surface area contributed by atoms with E-state index < -0.39 is 17.3 Å². The Labute approximate surface area is 122 Å². The molecule has 0 radical (unpaired) electrons. The van der Waals surface area contributed by atoms with E-state index in [-0.39, 0.29) is 16.8 Å². The molecule has 8 heteroatoms. The molecule has 0 spiro atoms. The second-order valence-corrected chi connectivity index (χ2v) is 5.51. The van der Waals surface area contributed by atoms with E-state index >= 15 is 0 Å². The monoisotopic (exact) mass is 354 g/mol. The maximum Gasteiger partial charge on any atom is 0.419 e. The summed E-state index contributed by atoms with van der Waals surface area (Å²) in [5, 5.41) is 2.72. The zero-order valence-electron chi connectivity index (χ0n) is 10.8. The molecule has 112 valence electrons. The number of pyridine rings is 1. The minimum absolute atomic E-state index is 0.205. The Hall–Kier alpha value is -0.860. The van der Waals surface area contributed by atoms with Crippen LogP contribution in [0.5, 0.6) is 0 Å². The lowest BCUT2D eigenvalue weighted by Gasteiger charge is -2.26. The van der Waals surface area contributed by atoms with Crippen LogP contribution in [0, 0.1) is 0 Å². The molecule has 1 aromatic rings. The van der Waals surface area contributed by atoms with Gasteiger partial charge in [-0.05, 0) is 22.0 Å². The molecule has 1 aliphatic heterocycles. The van der Waals surface area contributed by atoms with E-state index in [9.17, 15) is 13.2 Å². The number of nitrogens with one attached hydrogen (secondary N) is 1. The smallest absolute Gasteiger partial charge is 0.378 e. The van der Waals surface area contributed by atoms with Crippen molar-refractivity contribution >= 4 is 21.7 Å². The molecular weight excluding hydrogens is 341 g/mol. The van der Waals surface area contributed by atoms with Crippen LogP contribution in [0.1, 0.15) is 12.0 Å². The molecular formula is C12H14BrF3N2O2. The van der Waals surface area contributed by atoms with Gasteiger partial charge < -0.3 is 14.8 Å². The fourth-order valence-electron chi connectivity index (χ4n) is 2.00. The van der Waals surface area contributed by atoms with Crippen molar-refractivity contribution in [1.82, 2.24) is 4.98 Å². The second-order valence-electron chi connectivity index (χ2n) is 4.59. The van der Waals surface area contributed by atoms with Gasteiger partial charge in [-0.25, -0.2) is 4.98 Å². The third kappa shape index (κ3) is 3.42. The van der Waals surface area contributed by atoms with Crippen LogP contribution in [-0.4, -0.2) is 37.5 Å². The number of nitrogens with zero attached hydrogens (tertiary/aromatic N) is 1. The number of aromatic nitrogens is 1. The molecule has 0 aromatic carbocycles. The van der Waals surface area contributed by atoms with Gasteiger partial charge in [0.1, 0.15) is 11.4 Å². The van der Waals surface area contributed by atoms with Crippen molar-refractivity contribution in [3.05, 3.63) is 22.3 Å². The van der Waals surface area contributed by atoms with Crippen molar-refractivity contribution in [2.75, 3.05) is 32.2 Å². The van der Waals surface area contributed by atoms with Crippen LogP contribution in [0.15, 0.2) is 16.7 Å². The molecule has 0 aliphatic carbocycles. The quantitative estimate of drug-likeness (QED) is 0.902. The lowest BCUT2D eigenvalue weighted by Crippen LogP contribution is -2.40. The number of methoxy groups -OCH3 is 1. The van der Waals surface area contributed by atoms with Crippen LogP contribution in [0.2, 0.25) is 0 Å². The predicted octanol–water partition coefficient (Wildman–Crippen LogP) is 3.08. The summed E-state index contributed by atoms with van der Waals surface area (Å²) in [5.41, 5.74) is -1.41. The van der Waals surface area contributed by atoms with Gasteiger partial charge in [-0.15, -0.1) is 0 Å². The molecule has 1 unspecified atom stereocenters. The van der Waals surface area contributed by atoms with Gasteiger partial charge in [0.05, 0.1) is 12.2 Å². The van der Waals surface area contributed by atoms with E-state index in [1.165, 1.54) is 13.3 Å². The summed E-state index contributed by atoms with van der Waals surface area (Å²) in [6.07, 6.45) is -2.51. The largest absolute Gasteiger partial charge is 0.419 e. The van der Waals surface area contributed by atoms with E-state index in [1.54, 1.807) is 0 Å². The van der Waals surface area contributed by atoms with Gasteiger partial charge in [-0.2, -0.15) is 13.2 Å². The number of halogens is 4. The fourth-order valence-corrected chi connectivity index (χ4v) is 2.33. The molecule has 1 atom stereocenters. The number of rotatable bonds is 4. The van der Waals surface area contributed by atoms with Crippen molar-refractivity contribution in [2.24, 2.45) is 0 Å². The first-order valence-electron chi connectivity index (χ1n) is 5.96. The van der Waals surface area contributed by atoms with Crippen LogP contribution in [-0.2, 0) is 15.7 Å². The predicted molar refractivity (Wildman–Crippen MR) is 70.6 cm³/mol. The van der Waals surface area contributed by atoms with Crippen molar-refractivity contribution in [2.45, 2.75) is 18.2 Å². The number of hydrogen-bond acceptors (Lipinski definition) is 4. The van der Waals surface area contributed by atoms with Crippen molar-refractivity contribution < 1.29 is 22.6 Å². The number of alkyl halides is 3. The summed E-state index contributed by atoms with van der Waals surface area (Å²) in [5.74, 6) is -0.205. The lowest BCUT2D eigenvalue weighted by atomic mass is 10.0. The Morgan fingerprint density at radius 2 is 2.30 bits per heavy atom. The van der Waals surface area contributed by atoms with E-state index in [0.717, 1.165) is 6.07 Å². The highest BCUT2D eigenvalue weighted by molar-refractivity contribution is 9.10. The Morgan fingerprint density at radius 3 is 2.85 bits per heavy atom. The Morgan fingerprint density at radius 1 is 1.55 bits per heavy atom. The minimum Gasteiger partial charge on any atom is -0.378 e. The van der Waals surface area contributed by atoms with Crippen LogP contribution in [0.4, 0.5) is 19.0 Å². The molecule has 1 N–H and O–H groups in total. The Kier molecular flexibility index (Phi) is 4.55. The SMILES string of the molecule is COC1(CNc2ncc(Br)cc2C(F)(F)F)CCOC1.